The van der Waals surface area contributed by atoms with Gasteiger partial charge in [-0.25, -0.2) is 4.98 Å². The predicted octanol–water partition coefficient (Wildman–Crippen LogP) is 2.22. The van der Waals surface area contributed by atoms with Gasteiger partial charge in [-0.05, 0) is 38.8 Å². The zero-order valence-corrected chi connectivity index (χ0v) is 11.2. The first kappa shape index (κ1) is 12.7. The minimum absolute atomic E-state index is 0.0131. The van der Waals surface area contributed by atoms with E-state index in [1.807, 2.05) is 12.5 Å². The lowest BCUT2D eigenvalue weighted by molar-refractivity contribution is -0.138. The van der Waals surface area contributed by atoms with Gasteiger partial charge in [-0.1, -0.05) is 6.42 Å². The van der Waals surface area contributed by atoms with Crippen LogP contribution >= 0.6 is 0 Å². The van der Waals surface area contributed by atoms with Crippen molar-refractivity contribution in [2.24, 2.45) is 0 Å². The molecule has 1 saturated heterocycles. The number of imidazole rings is 1. The smallest absolute Gasteiger partial charge is 0.305 e. The van der Waals surface area contributed by atoms with Crippen LogP contribution in [-0.4, -0.2) is 38.6 Å². The van der Waals surface area contributed by atoms with E-state index < -0.39 is 5.97 Å². The van der Waals surface area contributed by atoms with Crippen molar-refractivity contribution in [1.82, 2.24) is 14.5 Å². The Morgan fingerprint density at radius 3 is 2.74 bits per heavy atom. The minimum Gasteiger partial charge on any atom is -0.481 e. The third kappa shape index (κ3) is 2.81. The van der Waals surface area contributed by atoms with Gasteiger partial charge in [0.15, 0.2) is 0 Å². The lowest BCUT2D eigenvalue weighted by Gasteiger charge is -2.34. The van der Waals surface area contributed by atoms with Crippen molar-refractivity contribution in [3.05, 3.63) is 18.2 Å². The van der Waals surface area contributed by atoms with E-state index in [2.05, 4.69) is 14.5 Å². The summed E-state index contributed by atoms with van der Waals surface area (Å²) in [5, 5.41) is 9.20. The summed E-state index contributed by atoms with van der Waals surface area (Å²) in [4.78, 5) is 17.8. The molecule has 1 aromatic heterocycles. The number of hydrogen-bond acceptors (Lipinski definition) is 3. The summed E-state index contributed by atoms with van der Waals surface area (Å²) < 4.78 is 2.20. The van der Waals surface area contributed by atoms with E-state index in [-0.39, 0.29) is 12.5 Å². The summed E-state index contributed by atoms with van der Waals surface area (Å²) >= 11 is 0. The number of nitrogens with zero attached hydrogens (tertiary/aromatic N) is 3. The average molecular weight is 263 g/mol. The Hall–Kier alpha value is -1.36. The van der Waals surface area contributed by atoms with Crippen LogP contribution in [0, 0.1) is 0 Å². The van der Waals surface area contributed by atoms with Crippen molar-refractivity contribution < 1.29 is 9.90 Å². The van der Waals surface area contributed by atoms with Gasteiger partial charge < -0.3 is 9.67 Å². The molecule has 0 amide bonds. The number of hydrogen-bond donors (Lipinski definition) is 1. The number of aromatic nitrogens is 2. The second kappa shape index (κ2) is 5.33. The highest BCUT2D eigenvalue weighted by molar-refractivity contribution is 5.67. The molecule has 104 valence electrons. The van der Waals surface area contributed by atoms with E-state index in [1.54, 1.807) is 0 Å². The number of carboxylic acid groups (broad SMARTS) is 1. The first-order valence-electron chi connectivity index (χ1n) is 7.23. The van der Waals surface area contributed by atoms with Crippen molar-refractivity contribution in [3.63, 3.8) is 0 Å². The quantitative estimate of drug-likeness (QED) is 0.885. The highest BCUT2D eigenvalue weighted by Gasteiger charge is 2.32. The maximum Gasteiger partial charge on any atom is 0.305 e. The van der Waals surface area contributed by atoms with Crippen molar-refractivity contribution in [2.75, 3.05) is 13.1 Å². The van der Waals surface area contributed by atoms with E-state index in [9.17, 15) is 9.90 Å². The maximum atomic E-state index is 11.2. The first-order chi connectivity index (χ1) is 9.25. The minimum atomic E-state index is -0.723. The van der Waals surface area contributed by atoms with Gasteiger partial charge in [0.1, 0.15) is 0 Å². The standard InChI is InChI=1S/C14H21N3O2/c18-14(19)8-12(16-6-2-1-3-7-16)13-9-15-10-17(13)11-4-5-11/h9-12H,1-8H2,(H,18,19). The molecule has 1 unspecified atom stereocenters. The molecular formula is C14H21N3O2. The van der Waals surface area contributed by atoms with Crippen LogP contribution in [0.1, 0.15) is 56.3 Å². The van der Waals surface area contributed by atoms with Crippen LogP contribution in [0.2, 0.25) is 0 Å². The molecule has 1 atom stereocenters. The Balaban J connectivity index is 1.84. The summed E-state index contributed by atoms with van der Waals surface area (Å²) in [6, 6.07) is 0.541. The predicted molar refractivity (Wildman–Crippen MR) is 70.9 cm³/mol. The molecule has 1 aliphatic heterocycles. The van der Waals surface area contributed by atoms with E-state index >= 15 is 0 Å². The summed E-state index contributed by atoms with van der Waals surface area (Å²) in [6.07, 6.45) is 9.91. The highest BCUT2D eigenvalue weighted by atomic mass is 16.4. The largest absolute Gasteiger partial charge is 0.481 e. The molecule has 5 heteroatoms. The molecule has 0 radical (unpaired) electrons. The topological polar surface area (TPSA) is 58.4 Å². The highest BCUT2D eigenvalue weighted by Crippen LogP contribution is 2.38. The van der Waals surface area contributed by atoms with Crippen molar-refractivity contribution in [1.29, 1.82) is 0 Å². The number of aliphatic carboxylic acids is 1. The van der Waals surface area contributed by atoms with Gasteiger partial charge in [0, 0.05) is 12.2 Å². The molecule has 1 N–H and O–H groups in total. The van der Waals surface area contributed by atoms with Crippen LogP contribution in [0.3, 0.4) is 0 Å². The molecule has 2 aliphatic rings. The lowest BCUT2D eigenvalue weighted by Crippen LogP contribution is -2.36. The summed E-state index contributed by atoms with van der Waals surface area (Å²) in [7, 11) is 0. The Morgan fingerprint density at radius 1 is 1.37 bits per heavy atom. The van der Waals surface area contributed by atoms with Gasteiger partial charge in [0.25, 0.3) is 0 Å². The Labute approximate surface area is 113 Å². The van der Waals surface area contributed by atoms with Crippen LogP contribution in [0.25, 0.3) is 0 Å². The molecule has 0 aromatic carbocycles. The first-order valence-corrected chi connectivity index (χ1v) is 7.23. The molecule has 0 bridgehead atoms. The fourth-order valence-electron chi connectivity index (χ4n) is 3.05. The number of likely N-dealkylation sites (tertiary alicyclic amines) is 1. The van der Waals surface area contributed by atoms with Crippen LogP contribution in [0.15, 0.2) is 12.5 Å². The molecule has 1 aliphatic carbocycles. The molecular weight excluding hydrogens is 242 g/mol. The monoisotopic (exact) mass is 263 g/mol. The third-order valence-electron chi connectivity index (χ3n) is 4.18. The number of carboxylic acids is 1. The van der Waals surface area contributed by atoms with Crippen LogP contribution in [-0.2, 0) is 4.79 Å². The Kier molecular flexibility index (Phi) is 3.55. The van der Waals surface area contributed by atoms with E-state index in [0.29, 0.717) is 6.04 Å². The molecule has 2 heterocycles. The molecule has 1 aromatic rings. The zero-order valence-electron chi connectivity index (χ0n) is 11.2. The second-order valence-electron chi connectivity index (χ2n) is 5.67. The Morgan fingerprint density at radius 2 is 2.11 bits per heavy atom. The van der Waals surface area contributed by atoms with Crippen LogP contribution in [0.5, 0.6) is 0 Å². The lowest BCUT2D eigenvalue weighted by atomic mass is 10.0. The summed E-state index contributed by atoms with van der Waals surface area (Å²) in [5.41, 5.74) is 1.09. The van der Waals surface area contributed by atoms with Crippen molar-refractivity contribution in [2.45, 2.75) is 50.6 Å². The fraction of sp³-hybridized carbons (Fsp3) is 0.714. The normalized spacial score (nSPS) is 22.3. The third-order valence-corrected chi connectivity index (χ3v) is 4.18. The molecule has 2 fully saturated rings. The van der Waals surface area contributed by atoms with Gasteiger partial charge in [-0.2, -0.15) is 0 Å². The van der Waals surface area contributed by atoms with Crippen LogP contribution in [0.4, 0.5) is 0 Å². The fourth-order valence-corrected chi connectivity index (χ4v) is 3.05. The summed E-state index contributed by atoms with van der Waals surface area (Å²) in [5.74, 6) is -0.723. The number of carbonyl (C=O) groups is 1. The SMILES string of the molecule is O=C(O)CC(c1cncn1C1CC1)N1CCCCC1. The summed E-state index contributed by atoms with van der Waals surface area (Å²) in [6.45, 7) is 2.02. The van der Waals surface area contributed by atoms with Crippen molar-refractivity contribution >= 4 is 5.97 Å². The van der Waals surface area contributed by atoms with Gasteiger partial charge >= 0.3 is 5.97 Å². The van der Waals surface area contributed by atoms with Gasteiger partial charge in [-0.3, -0.25) is 9.69 Å². The van der Waals surface area contributed by atoms with Crippen LogP contribution < -0.4 is 0 Å². The van der Waals surface area contributed by atoms with E-state index in [4.69, 9.17) is 0 Å². The Bertz CT molecular complexity index is 447. The molecule has 1 saturated carbocycles. The average Bonchev–Trinajstić information content (AvgIpc) is 3.15. The van der Waals surface area contributed by atoms with E-state index in [1.165, 1.54) is 32.1 Å². The van der Waals surface area contributed by atoms with Gasteiger partial charge in [0.05, 0.1) is 24.5 Å². The van der Waals surface area contributed by atoms with Gasteiger partial charge in [-0.15, -0.1) is 0 Å². The van der Waals surface area contributed by atoms with Crippen molar-refractivity contribution in [3.8, 4) is 0 Å². The molecule has 3 rings (SSSR count). The van der Waals surface area contributed by atoms with E-state index in [0.717, 1.165) is 18.8 Å². The number of rotatable bonds is 5. The van der Waals surface area contributed by atoms with Gasteiger partial charge in [0.2, 0.25) is 0 Å². The molecule has 19 heavy (non-hydrogen) atoms. The second-order valence-corrected chi connectivity index (χ2v) is 5.67. The molecule has 5 nitrogen and oxygen atoms in total. The number of piperidine rings is 1. The zero-order chi connectivity index (χ0) is 13.2. The molecule has 0 spiro atoms. The maximum absolute atomic E-state index is 11.2.